The van der Waals surface area contributed by atoms with E-state index in [9.17, 15) is 13.2 Å². The molecule has 3 aromatic carbocycles. The van der Waals surface area contributed by atoms with E-state index in [1.165, 1.54) is 11.8 Å². The largest absolute Gasteiger partial charge is 0.435 e. The lowest BCUT2D eigenvalue weighted by molar-refractivity contribution is -0.116. The van der Waals surface area contributed by atoms with Gasteiger partial charge in [0, 0.05) is 36.5 Å². The number of anilines is 2. The Balaban J connectivity index is 1.72. The number of carbonyl (C=O) groups excluding carboxylic acids is 1. The molecule has 0 radical (unpaired) electrons. The zero-order chi connectivity index (χ0) is 22.7. The van der Waals surface area contributed by atoms with Gasteiger partial charge in [-0.15, -0.1) is 0 Å². The Morgan fingerprint density at radius 2 is 1.44 bits per heavy atom. The molecule has 8 heteroatoms. The van der Waals surface area contributed by atoms with Gasteiger partial charge in [0.05, 0.1) is 0 Å². The van der Waals surface area contributed by atoms with Gasteiger partial charge in [0.1, 0.15) is 0 Å². The number of hydrogen-bond donors (Lipinski definition) is 1. The van der Waals surface area contributed by atoms with Gasteiger partial charge in [-0.1, -0.05) is 48.5 Å². The second-order valence-electron chi connectivity index (χ2n) is 7.12. The third kappa shape index (κ3) is 4.40. The number of aromatic nitrogens is 1. The number of amides is 1. The molecule has 1 heterocycles. The predicted molar refractivity (Wildman–Crippen MR) is 124 cm³/mol. The van der Waals surface area contributed by atoms with Gasteiger partial charge in [-0.2, -0.15) is 13.4 Å². The Bertz CT molecular complexity index is 1330. The fourth-order valence-electron chi connectivity index (χ4n) is 3.10. The van der Waals surface area contributed by atoms with Crippen molar-refractivity contribution in [2.24, 2.45) is 0 Å². The predicted octanol–water partition coefficient (Wildman–Crippen LogP) is 4.79. The van der Waals surface area contributed by atoms with Gasteiger partial charge in [0.2, 0.25) is 16.8 Å². The lowest BCUT2D eigenvalue weighted by Crippen LogP contribution is -2.22. The summed E-state index contributed by atoms with van der Waals surface area (Å²) >= 11 is 0. The van der Waals surface area contributed by atoms with Gasteiger partial charge in [0.25, 0.3) is 10.0 Å². The first kappa shape index (κ1) is 21.3. The van der Waals surface area contributed by atoms with Crippen LogP contribution >= 0.6 is 0 Å². The molecule has 0 unspecified atom stereocenters. The monoisotopic (exact) mass is 447 g/mol. The smallest absolute Gasteiger partial charge is 0.283 e. The van der Waals surface area contributed by atoms with Gasteiger partial charge >= 0.3 is 0 Å². The van der Waals surface area contributed by atoms with Crippen LogP contribution in [0.5, 0.6) is 0 Å². The van der Waals surface area contributed by atoms with Crippen LogP contribution in [0.1, 0.15) is 6.92 Å². The number of sulfonamides is 1. The van der Waals surface area contributed by atoms with E-state index in [1.54, 1.807) is 67.7 Å². The molecular formula is C24H21N3O4S. The van der Waals surface area contributed by atoms with Crippen molar-refractivity contribution in [3.63, 3.8) is 0 Å². The molecule has 0 saturated carbocycles. The third-order valence-corrected chi connectivity index (χ3v) is 6.18. The van der Waals surface area contributed by atoms with Crippen molar-refractivity contribution >= 4 is 27.3 Å². The Morgan fingerprint density at radius 1 is 0.875 bits per heavy atom. The quantitative estimate of drug-likeness (QED) is 0.459. The van der Waals surface area contributed by atoms with Crippen molar-refractivity contribution in [3.8, 4) is 22.8 Å². The summed E-state index contributed by atoms with van der Waals surface area (Å²) in [6, 6.07) is 24.6. The molecule has 0 spiro atoms. The zero-order valence-corrected chi connectivity index (χ0v) is 18.3. The van der Waals surface area contributed by atoms with E-state index in [1.807, 2.05) is 24.3 Å². The molecule has 32 heavy (non-hydrogen) atoms. The number of nitrogens with one attached hydrogen (secondary N) is 1. The fraction of sp³-hybridized carbons (Fsp3) is 0.0833. The lowest BCUT2D eigenvalue weighted by Gasteiger charge is -2.15. The van der Waals surface area contributed by atoms with Gasteiger partial charge in [-0.05, 0) is 36.4 Å². The van der Waals surface area contributed by atoms with Gasteiger partial charge in [-0.25, -0.2) is 0 Å². The van der Waals surface area contributed by atoms with Crippen molar-refractivity contribution in [2.75, 3.05) is 16.7 Å². The summed E-state index contributed by atoms with van der Waals surface area (Å²) in [7, 11) is -2.42. The Kier molecular flexibility index (Phi) is 5.79. The molecule has 7 nitrogen and oxygen atoms in total. The van der Waals surface area contributed by atoms with Crippen LogP contribution in [0.4, 0.5) is 11.4 Å². The molecule has 1 N–H and O–H groups in total. The zero-order valence-electron chi connectivity index (χ0n) is 17.5. The van der Waals surface area contributed by atoms with E-state index in [-0.39, 0.29) is 22.6 Å². The molecule has 0 aliphatic rings. The minimum atomic E-state index is -4.06. The second kappa shape index (κ2) is 8.68. The van der Waals surface area contributed by atoms with Crippen molar-refractivity contribution in [2.45, 2.75) is 11.9 Å². The van der Waals surface area contributed by atoms with E-state index in [0.29, 0.717) is 22.5 Å². The topological polar surface area (TPSA) is 92.5 Å². The summed E-state index contributed by atoms with van der Waals surface area (Å²) in [4.78, 5) is 17.3. The molecule has 0 aliphatic carbocycles. The number of hydrogen-bond acceptors (Lipinski definition) is 5. The standard InChI is InChI=1S/C24H21N3O4S/c1-17(28)27(2)21-15-13-20(14-16-21)26-32(29,30)24-22(18-9-5-3-6-10-18)31-23(25-24)19-11-7-4-8-12-19/h3-16,26H,1-2H3. The number of rotatable bonds is 6. The van der Waals surface area contributed by atoms with Crippen LogP contribution < -0.4 is 9.62 Å². The summed E-state index contributed by atoms with van der Waals surface area (Å²) in [5, 5.41) is -0.201. The Morgan fingerprint density at radius 3 is 2.00 bits per heavy atom. The molecule has 0 aliphatic heterocycles. The number of carbonyl (C=O) groups is 1. The molecule has 0 saturated heterocycles. The molecule has 0 atom stereocenters. The highest BCUT2D eigenvalue weighted by atomic mass is 32.2. The third-order valence-electron chi connectivity index (χ3n) is 4.89. The summed E-state index contributed by atoms with van der Waals surface area (Å²) in [5.41, 5.74) is 2.26. The first-order valence-electron chi connectivity index (χ1n) is 9.84. The summed E-state index contributed by atoms with van der Waals surface area (Å²) in [6.45, 7) is 1.45. The number of nitrogens with zero attached hydrogens (tertiary/aromatic N) is 2. The SMILES string of the molecule is CC(=O)N(C)c1ccc(NS(=O)(=O)c2nc(-c3ccccc3)oc2-c2ccccc2)cc1. The average molecular weight is 448 g/mol. The van der Waals surface area contributed by atoms with Crippen LogP contribution in [0, 0.1) is 0 Å². The molecule has 4 rings (SSSR count). The number of oxazole rings is 1. The van der Waals surface area contributed by atoms with E-state index in [4.69, 9.17) is 4.42 Å². The fourth-order valence-corrected chi connectivity index (χ4v) is 4.25. The second-order valence-corrected chi connectivity index (χ2v) is 8.71. The minimum absolute atomic E-state index is 0.123. The van der Waals surface area contributed by atoms with Gasteiger partial charge in [0.15, 0.2) is 5.76 Å². The maximum atomic E-state index is 13.3. The van der Waals surface area contributed by atoms with Crippen LogP contribution in [0.15, 0.2) is 94.4 Å². The minimum Gasteiger partial charge on any atom is -0.435 e. The van der Waals surface area contributed by atoms with Gasteiger partial charge in [-0.3, -0.25) is 9.52 Å². The molecule has 1 amide bonds. The Labute approximate surface area is 186 Å². The molecule has 4 aromatic rings. The van der Waals surface area contributed by atoms with Crippen molar-refractivity contribution in [3.05, 3.63) is 84.9 Å². The molecule has 0 fully saturated rings. The maximum absolute atomic E-state index is 13.3. The first-order chi connectivity index (χ1) is 15.3. The Hall–Kier alpha value is -3.91. The highest BCUT2D eigenvalue weighted by Crippen LogP contribution is 2.33. The van der Waals surface area contributed by atoms with E-state index < -0.39 is 10.0 Å². The maximum Gasteiger partial charge on any atom is 0.283 e. The van der Waals surface area contributed by atoms with Crippen LogP contribution in [0.3, 0.4) is 0 Å². The van der Waals surface area contributed by atoms with Gasteiger partial charge < -0.3 is 9.32 Å². The molecule has 0 bridgehead atoms. The van der Waals surface area contributed by atoms with Crippen LogP contribution in [0.25, 0.3) is 22.8 Å². The van der Waals surface area contributed by atoms with Crippen molar-refractivity contribution in [1.82, 2.24) is 4.98 Å². The summed E-state index contributed by atoms with van der Waals surface area (Å²) in [6.07, 6.45) is 0. The summed E-state index contributed by atoms with van der Waals surface area (Å²) in [5.74, 6) is 0.245. The first-order valence-corrected chi connectivity index (χ1v) is 11.3. The van der Waals surface area contributed by atoms with Crippen LogP contribution in [-0.4, -0.2) is 26.4 Å². The molecule has 1 aromatic heterocycles. The van der Waals surface area contributed by atoms with Crippen molar-refractivity contribution in [1.29, 1.82) is 0 Å². The molecular weight excluding hydrogens is 426 g/mol. The highest BCUT2D eigenvalue weighted by molar-refractivity contribution is 7.92. The van der Waals surface area contributed by atoms with E-state index >= 15 is 0 Å². The normalized spacial score (nSPS) is 11.2. The lowest BCUT2D eigenvalue weighted by atomic mass is 10.2. The van der Waals surface area contributed by atoms with Crippen molar-refractivity contribution < 1.29 is 17.6 Å². The van der Waals surface area contributed by atoms with Crippen LogP contribution in [0.2, 0.25) is 0 Å². The highest BCUT2D eigenvalue weighted by Gasteiger charge is 2.27. The summed E-state index contributed by atoms with van der Waals surface area (Å²) < 4.78 is 35.0. The average Bonchev–Trinajstić information content (AvgIpc) is 3.27. The molecule has 162 valence electrons. The van der Waals surface area contributed by atoms with E-state index in [2.05, 4.69) is 9.71 Å². The van der Waals surface area contributed by atoms with E-state index in [0.717, 1.165) is 0 Å². The number of benzene rings is 3. The van der Waals surface area contributed by atoms with Crippen LogP contribution in [-0.2, 0) is 14.8 Å².